The predicted octanol–water partition coefficient (Wildman–Crippen LogP) is 2.14. The minimum absolute atomic E-state index is 0.0540. The molecule has 102 valence electrons. The second-order valence-electron chi connectivity index (χ2n) is 5.66. The van der Waals surface area contributed by atoms with E-state index in [0.29, 0.717) is 18.2 Å². The summed E-state index contributed by atoms with van der Waals surface area (Å²) >= 11 is 0. The van der Waals surface area contributed by atoms with Crippen molar-refractivity contribution in [2.24, 2.45) is 0 Å². The third kappa shape index (κ3) is 1.96. The third-order valence-electron chi connectivity index (χ3n) is 4.85. The monoisotopic (exact) mass is 258 g/mol. The Labute approximate surface area is 115 Å². The Hall–Kier alpha value is -1.35. The molecule has 1 aromatic rings. The van der Waals surface area contributed by atoms with E-state index in [0.717, 1.165) is 32.5 Å². The van der Waals surface area contributed by atoms with Gasteiger partial charge in [0, 0.05) is 18.9 Å². The molecule has 1 amide bonds. The number of benzene rings is 1. The van der Waals surface area contributed by atoms with E-state index >= 15 is 0 Å². The van der Waals surface area contributed by atoms with Gasteiger partial charge in [-0.3, -0.25) is 4.79 Å². The highest BCUT2D eigenvalue weighted by Gasteiger charge is 2.52. The van der Waals surface area contributed by atoms with Gasteiger partial charge in [-0.1, -0.05) is 30.3 Å². The molecule has 3 heteroatoms. The highest BCUT2D eigenvalue weighted by Crippen LogP contribution is 2.47. The van der Waals surface area contributed by atoms with Crippen LogP contribution in [0.15, 0.2) is 30.3 Å². The van der Waals surface area contributed by atoms with E-state index < -0.39 is 0 Å². The summed E-state index contributed by atoms with van der Waals surface area (Å²) in [6, 6.07) is 10.6. The fourth-order valence-corrected chi connectivity index (χ4v) is 3.99. The Morgan fingerprint density at radius 3 is 2.58 bits per heavy atom. The first-order valence-electron chi connectivity index (χ1n) is 7.34. The van der Waals surface area contributed by atoms with Crippen LogP contribution in [0, 0.1) is 0 Å². The molecule has 3 nitrogen and oxygen atoms in total. The Bertz CT molecular complexity index is 451. The van der Waals surface area contributed by atoms with Crippen molar-refractivity contribution < 1.29 is 4.79 Å². The molecule has 0 aromatic heterocycles. The van der Waals surface area contributed by atoms with Crippen LogP contribution in [0.1, 0.15) is 37.7 Å². The molecule has 0 aliphatic carbocycles. The Kier molecular flexibility index (Phi) is 3.31. The van der Waals surface area contributed by atoms with Gasteiger partial charge in [-0.2, -0.15) is 0 Å². The number of hydrogen-bond donors (Lipinski definition) is 1. The van der Waals surface area contributed by atoms with Gasteiger partial charge in [0.25, 0.3) is 0 Å². The number of rotatable bonds is 2. The number of amides is 1. The number of piperidine rings is 1. The van der Waals surface area contributed by atoms with Crippen molar-refractivity contribution in [2.75, 3.05) is 19.6 Å². The van der Waals surface area contributed by atoms with Crippen LogP contribution in [0.4, 0.5) is 0 Å². The first-order valence-corrected chi connectivity index (χ1v) is 7.34. The molecule has 2 aliphatic heterocycles. The van der Waals surface area contributed by atoms with E-state index in [-0.39, 0.29) is 5.54 Å². The average molecular weight is 258 g/mol. The molecule has 2 fully saturated rings. The first-order chi connectivity index (χ1) is 9.28. The van der Waals surface area contributed by atoms with E-state index in [9.17, 15) is 4.79 Å². The molecule has 2 heterocycles. The summed E-state index contributed by atoms with van der Waals surface area (Å²) in [6.07, 6.45) is 2.83. The molecule has 19 heavy (non-hydrogen) atoms. The van der Waals surface area contributed by atoms with Crippen LogP contribution < -0.4 is 5.32 Å². The van der Waals surface area contributed by atoms with Crippen LogP contribution >= 0.6 is 0 Å². The third-order valence-corrected chi connectivity index (χ3v) is 4.85. The quantitative estimate of drug-likeness (QED) is 0.881. The highest BCUT2D eigenvalue weighted by atomic mass is 16.2. The van der Waals surface area contributed by atoms with Crippen molar-refractivity contribution in [3.8, 4) is 0 Å². The zero-order valence-corrected chi connectivity index (χ0v) is 11.6. The minimum Gasteiger partial charge on any atom is -0.337 e. The normalized spacial score (nSPS) is 26.1. The minimum atomic E-state index is 0.0540. The van der Waals surface area contributed by atoms with Gasteiger partial charge in [-0.25, -0.2) is 0 Å². The Balaban J connectivity index is 2.00. The number of nitrogens with zero attached hydrogens (tertiary/aromatic N) is 1. The lowest BCUT2D eigenvalue weighted by Gasteiger charge is -2.45. The molecule has 0 unspecified atom stereocenters. The number of carbonyl (C=O) groups excluding carboxylic acids is 1. The largest absolute Gasteiger partial charge is 0.337 e. The van der Waals surface area contributed by atoms with E-state index in [1.54, 1.807) is 0 Å². The average Bonchev–Trinajstić information content (AvgIpc) is 2.72. The van der Waals surface area contributed by atoms with Gasteiger partial charge in [0.2, 0.25) is 5.91 Å². The fraction of sp³-hybridized carbons (Fsp3) is 0.562. The second-order valence-corrected chi connectivity index (χ2v) is 5.66. The summed E-state index contributed by atoms with van der Waals surface area (Å²) in [7, 11) is 0. The number of hydrogen-bond acceptors (Lipinski definition) is 2. The van der Waals surface area contributed by atoms with Crippen LogP contribution in [0.2, 0.25) is 0 Å². The highest BCUT2D eigenvalue weighted by molar-refractivity contribution is 5.81. The van der Waals surface area contributed by atoms with Gasteiger partial charge in [0.15, 0.2) is 0 Å². The fourth-order valence-electron chi connectivity index (χ4n) is 3.99. The van der Waals surface area contributed by atoms with Crippen molar-refractivity contribution in [1.82, 2.24) is 10.2 Å². The second kappa shape index (κ2) is 4.97. The SMILES string of the molecule is CCN1C(=O)C[C@@H](c2ccccc2)C12CCNCC2. The van der Waals surface area contributed by atoms with E-state index in [2.05, 4.69) is 41.4 Å². The molecule has 1 spiro atoms. The van der Waals surface area contributed by atoms with Crippen molar-refractivity contribution >= 4 is 5.91 Å². The van der Waals surface area contributed by atoms with Gasteiger partial charge in [-0.05, 0) is 38.4 Å². The standard InChI is InChI=1S/C16H22N2O/c1-2-18-15(19)12-14(13-6-4-3-5-7-13)16(18)8-10-17-11-9-16/h3-7,14,17H,2,8-12H2,1H3/t14-/m0/s1. The molecule has 0 bridgehead atoms. The molecule has 0 radical (unpaired) electrons. The number of likely N-dealkylation sites (N-methyl/N-ethyl adjacent to an activating group) is 1. The van der Waals surface area contributed by atoms with Crippen molar-refractivity contribution in [2.45, 2.75) is 37.6 Å². The lowest BCUT2D eigenvalue weighted by molar-refractivity contribution is -0.131. The van der Waals surface area contributed by atoms with Crippen LogP contribution in [0.3, 0.4) is 0 Å². The molecular formula is C16H22N2O. The van der Waals surface area contributed by atoms with Crippen LogP contribution in [0.5, 0.6) is 0 Å². The van der Waals surface area contributed by atoms with E-state index in [1.165, 1.54) is 5.56 Å². The number of likely N-dealkylation sites (tertiary alicyclic amines) is 1. The predicted molar refractivity (Wildman–Crippen MR) is 76.0 cm³/mol. The van der Waals surface area contributed by atoms with Crippen LogP contribution in [-0.2, 0) is 4.79 Å². The lowest BCUT2D eigenvalue weighted by Crippen LogP contribution is -2.54. The van der Waals surface area contributed by atoms with Gasteiger partial charge < -0.3 is 10.2 Å². The van der Waals surface area contributed by atoms with Gasteiger partial charge in [0.1, 0.15) is 0 Å². The zero-order chi connectivity index (χ0) is 13.3. The Morgan fingerprint density at radius 2 is 1.95 bits per heavy atom. The number of carbonyl (C=O) groups is 1. The summed E-state index contributed by atoms with van der Waals surface area (Å²) in [4.78, 5) is 14.5. The maximum atomic E-state index is 12.4. The van der Waals surface area contributed by atoms with E-state index in [4.69, 9.17) is 0 Å². The maximum Gasteiger partial charge on any atom is 0.223 e. The molecule has 3 rings (SSSR count). The van der Waals surface area contributed by atoms with Gasteiger partial charge in [0.05, 0.1) is 5.54 Å². The van der Waals surface area contributed by atoms with Gasteiger partial charge >= 0.3 is 0 Å². The topological polar surface area (TPSA) is 32.3 Å². The van der Waals surface area contributed by atoms with E-state index in [1.807, 2.05) is 6.07 Å². The zero-order valence-electron chi connectivity index (χ0n) is 11.6. The van der Waals surface area contributed by atoms with Crippen molar-refractivity contribution in [1.29, 1.82) is 0 Å². The molecule has 2 aliphatic rings. The molecular weight excluding hydrogens is 236 g/mol. The first kappa shape index (κ1) is 12.7. The summed E-state index contributed by atoms with van der Waals surface area (Å²) < 4.78 is 0. The van der Waals surface area contributed by atoms with Crippen LogP contribution in [0.25, 0.3) is 0 Å². The summed E-state index contributed by atoms with van der Waals surface area (Å²) in [5.41, 5.74) is 1.38. The lowest BCUT2D eigenvalue weighted by atomic mass is 9.74. The molecule has 1 atom stereocenters. The Morgan fingerprint density at radius 1 is 1.26 bits per heavy atom. The summed E-state index contributed by atoms with van der Waals surface area (Å²) in [6.45, 7) is 4.98. The number of nitrogens with one attached hydrogen (secondary N) is 1. The summed E-state index contributed by atoms with van der Waals surface area (Å²) in [5, 5.41) is 3.43. The smallest absolute Gasteiger partial charge is 0.223 e. The maximum absolute atomic E-state index is 12.4. The molecule has 0 saturated carbocycles. The molecule has 1 aromatic carbocycles. The molecule has 1 N–H and O–H groups in total. The van der Waals surface area contributed by atoms with Crippen molar-refractivity contribution in [3.05, 3.63) is 35.9 Å². The van der Waals surface area contributed by atoms with Gasteiger partial charge in [-0.15, -0.1) is 0 Å². The van der Waals surface area contributed by atoms with Crippen LogP contribution in [-0.4, -0.2) is 36.0 Å². The van der Waals surface area contributed by atoms with Crippen molar-refractivity contribution in [3.63, 3.8) is 0 Å². The summed E-state index contributed by atoms with van der Waals surface area (Å²) in [5.74, 6) is 0.696. The molecule has 2 saturated heterocycles.